The van der Waals surface area contributed by atoms with Gasteiger partial charge in [0.25, 0.3) is 0 Å². The van der Waals surface area contributed by atoms with Crippen LogP contribution in [-0.2, 0) is 9.53 Å². The second-order valence-corrected chi connectivity index (χ2v) is 8.96. The van der Waals surface area contributed by atoms with Crippen LogP contribution in [-0.4, -0.2) is 62.7 Å². The number of amides is 1. The number of carbonyl (C=O) groups is 1. The monoisotopic (exact) mass is 362 g/mol. The van der Waals surface area contributed by atoms with Gasteiger partial charge in [0.15, 0.2) is 5.96 Å². The molecule has 5 atom stereocenters. The van der Waals surface area contributed by atoms with E-state index in [0.29, 0.717) is 29.5 Å². The SMILES string of the molecule is CN=C(NC1CCCC(C(=O)N(C)C)C1)NC1C2CCOC2C12CCC2. The smallest absolute Gasteiger partial charge is 0.225 e. The first-order valence-electron chi connectivity index (χ1n) is 10.4. The maximum Gasteiger partial charge on any atom is 0.225 e. The number of aliphatic imine (C=N–C) groups is 1. The summed E-state index contributed by atoms with van der Waals surface area (Å²) in [7, 11) is 5.57. The normalized spacial score (nSPS) is 38.1. The molecule has 1 spiro atoms. The Bertz CT molecular complexity index is 572. The molecule has 6 nitrogen and oxygen atoms in total. The third-order valence-corrected chi connectivity index (χ3v) is 7.36. The highest BCUT2D eigenvalue weighted by atomic mass is 16.5. The number of guanidine groups is 1. The van der Waals surface area contributed by atoms with Crippen molar-refractivity contribution in [2.45, 2.75) is 69.6 Å². The van der Waals surface area contributed by atoms with Gasteiger partial charge in [0.2, 0.25) is 5.91 Å². The number of hydrogen-bond acceptors (Lipinski definition) is 3. The van der Waals surface area contributed by atoms with E-state index in [1.807, 2.05) is 21.1 Å². The Labute approximate surface area is 157 Å². The lowest BCUT2D eigenvalue weighted by molar-refractivity contribution is -0.171. The molecule has 1 amide bonds. The van der Waals surface area contributed by atoms with Gasteiger partial charge < -0.3 is 20.3 Å². The molecule has 0 radical (unpaired) electrons. The molecule has 1 aliphatic heterocycles. The minimum absolute atomic E-state index is 0.142. The van der Waals surface area contributed by atoms with E-state index in [4.69, 9.17) is 4.74 Å². The molecule has 0 aromatic carbocycles. The second-order valence-electron chi connectivity index (χ2n) is 8.96. The Hall–Kier alpha value is -1.30. The summed E-state index contributed by atoms with van der Waals surface area (Å²) in [5.74, 6) is 1.96. The van der Waals surface area contributed by atoms with Crippen LogP contribution in [0.1, 0.15) is 51.4 Å². The van der Waals surface area contributed by atoms with Crippen molar-refractivity contribution in [2.75, 3.05) is 27.7 Å². The highest BCUT2D eigenvalue weighted by Gasteiger charge is 2.66. The van der Waals surface area contributed by atoms with Crippen molar-refractivity contribution in [3.63, 3.8) is 0 Å². The Morgan fingerprint density at radius 1 is 1.15 bits per heavy atom. The highest BCUT2D eigenvalue weighted by molar-refractivity contribution is 5.81. The predicted octanol–water partition coefficient (Wildman–Crippen LogP) is 1.76. The lowest BCUT2D eigenvalue weighted by atomic mass is 9.46. The van der Waals surface area contributed by atoms with Crippen molar-refractivity contribution in [3.05, 3.63) is 0 Å². The largest absolute Gasteiger partial charge is 0.377 e. The van der Waals surface area contributed by atoms with Crippen molar-refractivity contribution in [3.8, 4) is 0 Å². The fourth-order valence-electron chi connectivity index (χ4n) is 5.88. The van der Waals surface area contributed by atoms with Gasteiger partial charge in [0.1, 0.15) is 0 Å². The molecule has 4 fully saturated rings. The first-order valence-corrected chi connectivity index (χ1v) is 10.4. The maximum atomic E-state index is 12.3. The van der Waals surface area contributed by atoms with E-state index in [2.05, 4.69) is 15.6 Å². The highest BCUT2D eigenvalue weighted by Crippen LogP contribution is 2.62. The Morgan fingerprint density at radius 2 is 1.96 bits per heavy atom. The zero-order valence-corrected chi connectivity index (χ0v) is 16.5. The molecule has 0 bridgehead atoms. The molecule has 0 aromatic heterocycles. The Balaban J connectivity index is 1.36. The number of carbonyl (C=O) groups excluding carboxylic acids is 1. The molecule has 3 saturated carbocycles. The van der Waals surface area contributed by atoms with E-state index in [1.54, 1.807) is 4.90 Å². The van der Waals surface area contributed by atoms with Gasteiger partial charge in [-0.1, -0.05) is 12.8 Å². The fourth-order valence-corrected chi connectivity index (χ4v) is 5.88. The van der Waals surface area contributed by atoms with E-state index < -0.39 is 0 Å². The standard InChI is InChI=1S/C20H34N4O2/c1-21-19(22-14-7-4-6-13(12-14)18(25)24(2)3)23-16-15-8-11-26-17(15)20(16)9-5-10-20/h13-17H,4-12H2,1-3H3,(H2,21,22,23). The average Bonchev–Trinajstić information content (AvgIpc) is 3.01. The first-order chi connectivity index (χ1) is 12.5. The summed E-state index contributed by atoms with van der Waals surface area (Å²) >= 11 is 0. The average molecular weight is 363 g/mol. The van der Waals surface area contributed by atoms with Gasteiger partial charge in [-0.15, -0.1) is 0 Å². The van der Waals surface area contributed by atoms with Gasteiger partial charge in [0.05, 0.1) is 6.10 Å². The van der Waals surface area contributed by atoms with Crippen LogP contribution in [0.15, 0.2) is 4.99 Å². The molecule has 0 aromatic rings. The van der Waals surface area contributed by atoms with E-state index in [-0.39, 0.29) is 11.8 Å². The molecular weight excluding hydrogens is 328 g/mol. The predicted molar refractivity (Wildman–Crippen MR) is 102 cm³/mol. The van der Waals surface area contributed by atoms with Crippen LogP contribution in [0.5, 0.6) is 0 Å². The molecule has 4 aliphatic rings. The minimum Gasteiger partial charge on any atom is -0.377 e. The summed E-state index contributed by atoms with van der Waals surface area (Å²) < 4.78 is 6.03. The third kappa shape index (κ3) is 2.90. The first kappa shape index (κ1) is 18.1. The fraction of sp³-hybridized carbons (Fsp3) is 0.900. The van der Waals surface area contributed by atoms with E-state index in [9.17, 15) is 4.79 Å². The van der Waals surface area contributed by atoms with Gasteiger partial charge >= 0.3 is 0 Å². The zero-order chi connectivity index (χ0) is 18.3. The van der Waals surface area contributed by atoms with Crippen molar-refractivity contribution in [1.82, 2.24) is 15.5 Å². The number of ether oxygens (including phenoxy) is 1. The minimum atomic E-state index is 0.142. The van der Waals surface area contributed by atoms with Gasteiger partial charge in [-0.2, -0.15) is 0 Å². The van der Waals surface area contributed by atoms with Crippen LogP contribution in [0.25, 0.3) is 0 Å². The van der Waals surface area contributed by atoms with Gasteiger partial charge in [-0.3, -0.25) is 9.79 Å². The van der Waals surface area contributed by atoms with Crippen molar-refractivity contribution in [1.29, 1.82) is 0 Å². The lowest BCUT2D eigenvalue weighted by Crippen LogP contribution is -2.72. The van der Waals surface area contributed by atoms with E-state index in [1.165, 1.54) is 25.7 Å². The van der Waals surface area contributed by atoms with Gasteiger partial charge in [0, 0.05) is 57.1 Å². The Kier molecular flexibility index (Phi) is 4.88. The summed E-state index contributed by atoms with van der Waals surface area (Å²) in [4.78, 5) is 18.6. The van der Waals surface area contributed by atoms with Crippen molar-refractivity contribution in [2.24, 2.45) is 22.2 Å². The van der Waals surface area contributed by atoms with Crippen LogP contribution in [0.4, 0.5) is 0 Å². The summed E-state index contributed by atoms with van der Waals surface area (Å²) in [6.07, 6.45) is 9.67. The maximum absolute atomic E-state index is 12.3. The molecule has 6 heteroatoms. The number of nitrogens with one attached hydrogen (secondary N) is 2. The molecule has 2 N–H and O–H groups in total. The summed E-state index contributed by atoms with van der Waals surface area (Å²) in [5.41, 5.74) is 0.356. The van der Waals surface area contributed by atoms with Crippen LogP contribution in [0.2, 0.25) is 0 Å². The summed E-state index contributed by atoms with van der Waals surface area (Å²) in [5, 5.41) is 7.37. The molecular formula is C20H34N4O2. The summed E-state index contributed by atoms with van der Waals surface area (Å²) in [6.45, 7) is 0.915. The number of fused-ring (bicyclic) bond motifs is 2. The van der Waals surface area contributed by atoms with Crippen LogP contribution < -0.4 is 10.6 Å². The molecule has 3 aliphatic carbocycles. The van der Waals surface area contributed by atoms with Crippen LogP contribution >= 0.6 is 0 Å². The van der Waals surface area contributed by atoms with E-state index >= 15 is 0 Å². The molecule has 5 unspecified atom stereocenters. The number of rotatable bonds is 3. The van der Waals surface area contributed by atoms with Crippen molar-refractivity contribution >= 4 is 11.9 Å². The van der Waals surface area contributed by atoms with Crippen LogP contribution in [0, 0.1) is 17.3 Å². The second kappa shape index (κ2) is 7.02. The molecule has 26 heavy (non-hydrogen) atoms. The van der Waals surface area contributed by atoms with Crippen molar-refractivity contribution < 1.29 is 9.53 Å². The topological polar surface area (TPSA) is 66.0 Å². The van der Waals surface area contributed by atoms with Crippen LogP contribution in [0.3, 0.4) is 0 Å². The van der Waals surface area contributed by atoms with Gasteiger partial charge in [-0.05, 0) is 38.5 Å². The van der Waals surface area contributed by atoms with E-state index in [0.717, 1.165) is 38.2 Å². The van der Waals surface area contributed by atoms with Gasteiger partial charge in [-0.25, -0.2) is 0 Å². The lowest BCUT2D eigenvalue weighted by Gasteiger charge is -2.63. The molecule has 1 saturated heterocycles. The zero-order valence-electron chi connectivity index (χ0n) is 16.5. The summed E-state index contributed by atoms with van der Waals surface area (Å²) in [6, 6.07) is 0.828. The number of hydrogen-bond donors (Lipinski definition) is 2. The quantitative estimate of drug-likeness (QED) is 0.593. The molecule has 4 rings (SSSR count). The third-order valence-electron chi connectivity index (χ3n) is 7.36. The molecule has 146 valence electrons. The number of nitrogens with zero attached hydrogens (tertiary/aromatic N) is 2. The molecule has 1 heterocycles. The Morgan fingerprint density at radius 3 is 2.62 bits per heavy atom.